The van der Waals surface area contributed by atoms with Gasteiger partial charge in [0.25, 0.3) is 0 Å². The van der Waals surface area contributed by atoms with Crippen LogP contribution in [0.2, 0.25) is 76.0 Å². The Balaban J connectivity index is 6.83. The fourth-order valence-electron chi connectivity index (χ4n) is 4.54. The van der Waals surface area contributed by atoms with Gasteiger partial charge in [0.05, 0.1) is 0 Å². The van der Waals surface area contributed by atoms with Gasteiger partial charge in [-0.1, -0.05) is 0 Å². The van der Waals surface area contributed by atoms with Gasteiger partial charge in [0.15, 0.2) is 16.6 Å². The molecule has 0 aromatic rings. The third kappa shape index (κ3) is 23.3. The largest absolute Gasteiger partial charge is 0.436 e. The zero-order valence-electron chi connectivity index (χ0n) is 26.4. The Bertz CT molecular complexity index is 877. The van der Waals surface area contributed by atoms with E-state index in [2.05, 4.69) is 0 Å². The lowest BCUT2D eigenvalue weighted by Gasteiger charge is -2.46. The number of hydrogen-bond acceptors (Lipinski definition) is 4. The molecule has 0 bridgehead atoms. The summed E-state index contributed by atoms with van der Waals surface area (Å²) >= 11 is 0. The van der Waals surface area contributed by atoms with E-state index in [0.29, 0.717) is 0 Å². The summed E-state index contributed by atoms with van der Waals surface area (Å²) in [5.74, 6) is 0. The highest BCUT2D eigenvalue weighted by Gasteiger charge is 2.54. The maximum absolute atomic E-state index is 13.4. The normalized spacial score (nSPS) is 18.7. The van der Waals surface area contributed by atoms with Crippen LogP contribution in [0.1, 0.15) is 32.1 Å². The highest BCUT2D eigenvalue weighted by molar-refractivity contribution is 6.91. The van der Waals surface area contributed by atoms with Crippen LogP contribution >= 0.6 is 0 Å². The predicted octanol–water partition coefficient (Wildman–Crippen LogP) is 11.4. The topological polar surface area (TPSA) is 36.9 Å². The van der Waals surface area contributed by atoms with Crippen molar-refractivity contribution in [3.63, 3.8) is 0 Å². The minimum absolute atomic E-state index is 0.643. The zero-order chi connectivity index (χ0) is 36.9. The van der Waals surface area contributed by atoms with Gasteiger partial charge in [-0.05, 0) is 76.0 Å². The Hall–Kier alpha value is -0.126. The predicted molar refractivity (Wildman–Crippen MR) is 152 cm³/mol. The minimum atomic E-state index is -4.90. The standard InChI is InChI=1S/C22H41F15O4Si5/c1-42(2,13-8-18(23,24)25)38-44(5,15-10-20(29,30)31)40-46(7,17-12-22(35,36)37)41-45(6,16-11-21(32,33)34)39-43(3,4)14-9-19(26,27)28/h8-17H2,1-7H3. The molecule has 0 fully saturated rings. The molecule has 0 radical (unpaired) electrons. The third-order valence-corrected chi connectivity index (χ3v) is 27.6. The minimum Gasteiger partial charge on any atom is -0.436 e. The van der Waals surface area contributed by atoms with Gasteiger partial charge in [0.1, 0.15) is 0 Å². The second-order valence-electron chi connectivity index (χ2n) is 12.9. The molecular formula is C22H41F15O4Si5. The summed E-state index contributed by atoms with van der Waals surface area (Å²) in [5, 5.41) is 0. The molecule has 0 amide bonds. The van der Waals surface area contributed by atoms with Crippen LogP contribution in [0.5, 0.6) is 0 Å². The fourth-order valence-corrected chi connectivity index (χ4v) is 30.1. The van der Waals surface area contributed by atoms with Crippen molar-refractivity contribution in [1.29, 1.82) is 0 Å². The average molecular weight is 795 g/mol. The molecule has 46 heavy (non-hydrogen) atoms. The smallest absolute Gasteiger partial charge is 0.389 e. The maximum atomic E-state index is 13.4. The SMILES string of the molecule is C[Si](C)(CCC(F)(F)F)O[Si](C)(CCC(F)(F)F)O[Si](C)(CCC(F)(F)F)O[Si](C)(CCC(F)(F)F)O[Si](C)(C)CCC(F)(F)F. The van der Waals surface area contributed by atoms with Crippen molar-refractivity contribution >= 4 is 42.3 Å². The van der Waals surface area contributed by atoms with Gasteiger partial charge in [-0.2, -0.15) is 65.9 Å². The number of hydrogen-bond donors (Lipinski definition) is 0. The van der Waals surface area contributed by atoms with Crippen molar-refractivity contribution in [3.8, 4) is 0 Å². The number of alkyl halides is 15. The van der Waals surface area contributed by atoms with E-state index in [0.717, 1.165) is 19.6 Å². The number of rotatable bonds is 18. The summed E-state index contributed by atoms with van der Waals surface area (Å²) in [5.41, 5.74) is 0. The van der Waals surface area contributed by atoms with Crippen LogP contribution in [0.3, 0.4) is 0 Å². The molecule has 24 heteroatoms. The van der Waals surface area contributed by atoms with Gasteiger partial charge in [-0.15, -0.1) is 0 Å². The summed E-state index contributed by atoms with van der Waals surface area (Å²) < 4.78 is 221. The van der Waals surface area contributed by atoms with Crippen LogP contribution in [0.4, 0.5) is 65.9 Å². The molecule has 4 nitrogen and oxygen atoms in total. The second kappa shape index (κ2) is 15.8. The van der Waals surface area contributed by atoms with Crippen LogP contribution < -0.4 is 0 Å². The first-order valence-corrected chi connectivity index (χ1v) is 27.8. The molecule has 0 saturated carbocycles. The van der Waals surface area contributed by atoms with Gasteiger partial charge in [-0.3, -0.25) is 0 Å². The van der Waals surface area contributed by atoms with Gasteiger partial charge in [0, 0.05) is 32.1 Å². The summed E-state index contributed by atoms with van der Waals surface area (Å²) in [4.78, 5) is 0. The average Bonchev–Trinajstić information content (AvgIpc) is 2.75. The maximum Gasteiger partial charge on any atom is 0.389 e. The van der Waals surface area contributed by atoms with E-state index < -0.39 is 136 Å². The van der Waals surface area contributed by atoms with Crippen molar-refractivity contribution in [1.82, 2.24) is 0 Å². The van der Waals surface area contributed by atoms with Crippen molar-refractivity contribution in [2.75, 3.05) is 0 Å². The molecule has 2 atom stereocenters. The Labute approximate surface area is 263 Å². The Kier molecular flexibility index (Phi) is 15.8. The van der Waals surface area contributed by atoms with Crippen molar-refractivity contribution in [2.45, 2.75) is 139 Å². The van der Waals surface area contributed by atoms with E-state index in [9.17, 15) is 65.9 Å². The highest BCUT2D eigenvalue weighted by atomic mass is 28.5. The first-order chi connectivity index (χ1) is 19.9. The van der Waals surface area contributed by atoms with Gasteiger partial charge < -0.3 is 16.5 Å². The van der Waals surface area contributed by atoms with Crippen LogP contribution in [0.25, 0.3) is 0 Å². The molecule has 0 aromatic heterocycles. The van der Waals surface area contributed by atoms with Crippen LogP contribution in [0.15, 0.2) is 0 Å². The Morgan fingerprint density at radius 3 is 0.674 bits per heavy atom. The van der Waals surface area contributed by atoms with E-state index in [1.165, 1.54) is 26.2 Å². The van der Waals surface area contributed by atoms with Crippen LogP contribution in [-0.2, 0) is 16.5 Å². The Morgan fingerprint density at radius 1 is 0.304 bits per heavy atom. The molecule has 0 spiro atoms. The second-order valence-corrected chi connectivity index (χ2v) is 32.5. The van der Waals surface area contributed by atoms with Gasteiger partial charge in [0.2, 0.25) is 0 Å². The summed E-state index contributed by atoms with van der Waals surface area (Å²) in [6, 6.07) is -4.32. The molecule has 0 heterocycles. The third-order valence-electron chi connectivity index (χ3n) is 6.46. The lowest BCUT2D eigenvalue weighted by Crippen LogP contribution is -2.62. The first-order valence-electron chi connectivity index (χ1n) is 14.0. The molecule has 0 saturated heterocycles. The molecule has 0 rings (SSSR count). The molecule has 0 aliphatic rings. The van der Waals surface area contributed by atoms with E-state index in [1.54, 1.807) is 0 Å². The fraction of sp³-hybridized carbons (Fsp3) is 1.00. The van der Waals surface area contributed by atoms with Gasteiger partial charge in [-0.25, -0.2) is 0 Å². The summed E-state index contributed by atoms with van der Waals surface area (Å²) in [7, 11) is -20.6. The molecule has 2 unspecified atom stereocenters. The molecule has 0 aliphatic heterocycles. The molecular weight excluding hydrogens is 754 g/mol. The quantitative estimate of drug-likeness (QED) is 0.102. The summed E-state index contributed by atoms with van der Waals surface area (Å²) in [6.07, 6.45) is -31.5. The van der Waals surface area contributed by atoms with Gasteiger partial charge >= 0.3 is 56.6 Å². The molecule has 0 aromatic carbocycles. The summed E-state index contributed by atoms with van der Waals surface area (Å²) in [6.45, 7) is 7.97. The van der Waals surface area contributed by atoms with E-state index in [1.807, 2.05) is 0 Å². The zero-order valence-corrected chi connectivity index (χ0v) is 31.4. The number of halogens is 15. The van der Waals surface area contributed by atoms with E-state index in [-0.39, 0.29) is 0 Å². The lowest BCUT2D eigenvalue weighted by molar-refractivity contribution is -0.132. The Morgan fingerprint density at radius 2 is 0.478 bits per heavy atom. The molecule has 0 aliphatic carbocycles. The monoisotopic (exact) mass is 794 g/mol. The van der Waals surface area contributed by atoms with E-state index >= 15 is 0 Å². The lowest BCUT2D eigenvalue weighted by atomic mass is 10.5. The first kappa shape index (κ1) is 45.9. The van der Waals surface area contributed by atoms with Crippen molar-refractivity contribution in [2.24, 2.45) is 0 Å². The molecule has 278 valence electrons. The highest BCUT2D eigenvalue weighted by Crippen LogP contribution is 2.40. The van der Waals surface area contributed by atoms with Crippen molar-refractivity contribution in [3.05, 3.63) is 0 Å². The van der Waals surface area contributed by atoms with Crippen LogP contribution in [0, 0.1) is 0 Å². The van der Waals surface area contributed by atoms with Crippen LogP contribution in [-0.4, -0.2) is 73.2 Å². The molecule has 0 N–H and O–H groups in total. The van der Waals surface area contributed by atoms with Crippen molar-refractivity contribution < 1.29 is 82.3 Å². The van der Waals surface area contributed by atoms with E-state index in [4.69, 9.17) is 16.5 Å².